The van der Waals surface area contributed by atoms with Crippen LogP contribution >= 0.6 is 11.3 Å². The Bertz CT molecular complexity index is 815. The topological polar surface area (TPSA) is 58.4 Å². The normalized spacial score (nSPS) is 31.9. The third-order valence-corrected chi connectivity index (χ3v) is 8.11. The fourth-order valence-corrected chi connectivity index (χ4v) is 6.03. The Morgan fingerprint density at radius 3 is 2.82 bits per heavy atom. The highest BCUT2D eigenvalue weighted by molar-refractivity contribution is 7.17. The van der Waals surface area contributed by atoms with Crippen molar-refractivity contribution in [1.29, 1.82) is 0 Å². The second kappa shape index (κ2) is 7.79. The molecule has 152 valence electrons. The van der Waals surface area contributed by atoms with Crippen LogP contribution in [0.25, 0.3) is 10.3 Å². The minimum absolute atomic E-state index is 0.262. The highest BCUT2D eigenvalue weighted by atomic mass is 32.1. The first-order chi connectivity index (χ1) is 13.7. The number of amides is 1. The van der Waals surface area contributed by atoms with Crippen LogP contribution in [0.2, 0.25) is 0 Å². The van der Waals surface area contributed by atoms with Crippen LogP contribution in [0.5, 0.6) is 0 Å². The molecule has 0 aromatic carbocycles. The van der Waals surface area contributed by atoms with Crippen LogP contribution in [-0.2, 0) is 4.79 Å². The van der Waals surface area contributed by atoms with Crippen molar-refractivity contribution >= 4 is 27.5 Å². The van der Waals surface area contributed by atoms with Gasteiger partial charge in [-0.1, -0.05) is 12.1 Å². The number of thiophene rings is 1. The molecule has 28 heavy (non-hydrogen) atoms. The molecule has 1 amide bonds. The van der Waals surface area contributed by atoms with Crippen molar-refractivity contribution in [3.8, 4) is 0 Å². The van der Waals surface area contributed by atoms with Crippen molar-refractivity contribution in [2.75, 3.05) is 19.6 Å². The molecule has 3 aliphatic rings. The summed E-state index contributed by atoms with van der Waals surface area (Å²) in [5, 5.41) is 9.75. The number of hydrogen-bond donors (Lipinski definition) is 1. The number of carbonyl (C=O) groups is 1. The van der Waals surface area contributed by atoms with Crippen molar-refractivity contribution in [1.82, 2.24) is 15.4 Å². The number of aromatic nitrogens is 1. The highest BCUT2D eigenvalue weighted by Crippen LogP contribution is 2.41. The number of carbonyl (C=O) groups excluding carboxylic acids is 1. The summed E-state index contributed by atoms with van der Waals surface area (Å²) in [4.78, 5) is 15.1. The van der Waals surface area contributed by atoms with E-state index >= 15 is 0 Å². The molecule has 1 saturated heterocycles. The Morgan fingerprint density at radius 1 is 1.25 bits per heavy atom. The molecule has 3 fully saturated rings. The summed E-state index contributed by atoms with van der Waals surface area (Å²) in [6, 6.07) is 2.44. The highest BCUT2D eigenvalue weighted by Gasteiger charge is 2.44. The van der Waals surface area contributed by atoms with Crippen molar-refractivity contribution in [2.24, 2.45) is 17.8 Å². The van der Waals surface area contributed by atoms with Gasteiger partial charge in [0, 0.05) is 24.4 Å². The molecule has 5 nitrogen and oxygen atoms in total. The number of piperidine rings is 1. The zero-order valence-electron chi connectivity index (χ0n) is 16.7. The van der Waals surface area contributed by atoms with Gasteiger partial charge >= 0.3 is 0 Å². The molecule has 6 heteroatoms. The van der Waals surface area contributed by atoms with Gasteiger partial charge in [-0.15, -0.1) is 11.3 Å². The first-order valence-electron chi connectivity index (χ1n) is 11.0. The van der Waals surface area contributed by atoms with Crippen molar-refractivity contribution in [2.45, 2.75) is 63.8 Å². The SMILES string of the molecule is CC1CCC(NC(=O)[C@H]2C[C@@H]2CN2CCC(c3noc4ccsc34)CC2)CC1. The molecule has 0 spiro atoms. The number of hydrogen-bond acceptors (Lipinski definition) is 5. The molecule has 0 unspecified atom stereocenters. The van der Waals surface area contributed by atoms with Gasteiger partial charge in [-0.05, 0) is 81.3 Å². The number of nitrogens with one attached hydrogen (secondary N) is 1. The Balaban J connectivity index is 1.06. The smallest absolute Gasteiger partial charge is 0.223 e. The van der Waals surface area contributed by atoms with E-state index in [1.54, 1.807) is 11.3 Å². The quantitative estimate of drug-likeness (QED) is 0.807. The predicted octanol–water partition coefficient (Wildman–Crippen LogP) is 4.40. The first kappa shape index (κ1) is 18.6. The molecule has 2 aromatic heterocycles. The molecule has 0 bridgehead atoms. The molecule has 0 radical (unpaired) electrons. The van der Waals surface area contributed by atoms with Gasteiger partial charge in [-0.2, -0.15) is 0 Å². The van der Waals surface area contributed by atoms with Gasteiger partial charge < -0.3 is 14.7 Å². The van der Waals surface area contributed by atoms with Gasteiger partial charge in [0.05, 0.1) is 4.70 Å². The predicted molar refractivity (Wildman–Crippen MR) is 111 cm³/mol. The monoisotopic (exact) mass is 401 g/mol. The summed E-state index contributed by atoms with van der Waals surface area (Å²) in [7, 11) is 0. The average molecular weight is 402 g/mol. The number of likely N-dealkylation sites (tertiary alicyclic amines) is 1. The third kappa shape index (κ3) is 3.86. The molecular formula is C22H31N3O2S. The van der Waals surface area contributed by atoms with Gasteiger partial charge in [0.2, 0.25) is 5.91 Å². The number of fused-ring (bicyclic) bond motifs is 1. The van der Waals surface area contributed by atoms with Gasteiger partial charge in [0.1, 0.15) is 5.69 Å². The fourth-order valence-electron chi connectivity index (χ4n) is 5.16. The summed E-state index contributed by atoms with van der Waals surface area (Å²) in [5.74, 6) is 2.50. The van der Waals surface area contributed by atoms with Crippen LogP contribution in [0.3, 0.4) is 0 Å². The number of nitrogens with zero attached hydrogens (tertiary/aromatic N) is 2. The lowest BCUT2D eigenvalue weighted by atomic mass is 9.87. The summed E-state index contributed by atoms with van der Waals surface area (Å²) < 4.78 is 6.69. The van der Waals surface area contributed by atoms with E-state index in [0.29, 0.717) is 23.8 Å². The lowest BCUT2D eigenvalue weighted by molar-refractivity contribution is -0.123. The maximum atomic E-state index is 12.6. The maximum Gasteiger partial charge on any atom is 0.223 e. The second-order valence-electron chi connectivity index (χ2n) is 9.32. The van der Waals surface area contributed by atoms with Gasteiger partial charge in [0.15, 0.2) is 5.58 Å². The van der Waals surface area contributed by atoms with E-state index < -0.39 is 0 Å². The molecule has 3 heterocycles. The summed E-state index contributed by atoms with van der Waals surface area (Å²) in [5.41, 5.74) is 2.09. The van der Waals surface area contributed by atoms with Crippen LogP contribution in [-0.4, -0.2) is 41.6 Å². The average Bonchev–Trinajstić information content (AvgIpc) is 3.12. The standard InChI is InChI=1S/C22H31N3O2S/c1-14-2-4-17(5-3-14)23-22(26)18-12-16(18)13-25-9-6-15(7-10-25)20-21-19(27-24-20)8-11-28-21/h8,11,14-18H,2-7,9-10,12-13H2,1H3,(H,23,26)/t14?,16-,17?,18+/m1/s1. The van der Waals surface area contributed by atoms with Gasteiger partial charge in [-0.25, -0.2) is 0 Å². The minimum atomic E-state index is 0.262. The molecule has 2 aromatic rings. The lowest BCUT2D eigenvalue weighted by Gasteiger charge is -2.31. The molecular weight excluding hydrogens is 370 g/mol. The molecule has 1 N–H and O–H groups in total. The van der Waals surface area contributed by atoms with Crippen LogP contribution in [0, 0.1) is 17.8 Å². The molecule has 2 saturated carbocycles. The van der Waals surface area contributed by atoms with E-state index in [1.165, 1.54) is 17.5 Å². The maximum absolute atomic E-state index is 12.6. The van der Waals surface area contributed by atoms with Crippen LogP contribution in [0.4, 0.5) is 0 Å². The van der Waals surface area contributed by atoms with E-state index in [-0.39, 0.29) is 5.92 Å². The van der Waals surface area contributed by atoms with Crippen molar-refractivity contribution < 1.29 is 9.32 Å². The fraction of sp³-hybridized carbons (Fsp3) is 0.727. The van der Waals surface area contributed by atoms with Gasteiger partial charge in [-0.3, -0.25) is 4.79 Å². The van der Waals surface area contributed by atoms with Crippen molar-refractivity contribution in [3.05, 3.63) is 17.1 Å². The van der Waals surface area contributed by atoms with E-state index in [2.05, 4.69) is 27.7 Å². The molecule has 1 aliphatic heterocycles. The first-order valence-corrected chi connectivity index (χ1v) is 11.9. The molecule has 5 rings (SSSR count). The van der Waals surface area contributed by atoms with Crippen LogP contribution in [0.15, 0.2) is 16.0 Å². The minimum Gasteiger partial charge on any atom is -0.355 e. The van der Waals surface area contributed by atoms with Crippen molar-refractivity contribution in [3.63, 3.8) is 0 Å². The Labute approximate surface area is 170 Å². The van der Waals surface area contributed by atoms with Crippen LogP contribution < -0.4 is 5.32 Å². The largest absolute Gasteiger partial charge is 0.355 e. The Hall–Kier alpha value is -1.40. The van der Waals surface area contributed by atoms with E-state index in [0.717, 1.165) is 68.9 Å². The Kier molecular flexibility index (Phi) is 5.18. The molecule has 2 atom stereocenters. The van der Waals surface area contributed by atoms with Crippen LogP contribution in [0.1, 0.15) is 63.5 Å². The number of rotatable bonds is 5. The molecule has 2 aliphatic carbocycles. The third-order valence-electron chi connectivity index (χ3n) is 7.19. The van der Waals surface area contributed by atoms with Gasteiger partial charge in [0.25, 0.3) is 0 Å². The summed E-state index contributed by atoms with van der Waals surface area (Å²) in [6.07, 6.45) is 8.21. The lowest BCUT2D eigenvalue weighted by Crippen LogP contribution is -2.39. The zero-order chi connectivity index (χ0) is 19.1. The van der Waals surface area contributed by atoms with E-state index in [4.69, 9.17) is 4.52 Å². The second-order valence-corrected chi connectivity index (χ2v) is 10.2. The summed E-state index contributed by atoms with van der Waals surface area (Å²) >= 11 is 1.74. The van der Waals surface area contributed by atoms with E-state index in [1.807, 2.05) is 6.07 Å². The van der Waals surface area contributed by atoms with E-state index in [9.17, 15) is 4.79 Å². The Morgan fingerprint density at radius 2 is 2.04 bits per heavy atom. The zero-order valence-corrected chi connectivity index (χ0v) is 17.5. The summed E-state index contributed by atoms with van der Waals surface area (Å²) in [6.45, 7) is 5.62.